The van der Waals surface area contributed by atoms with E-state index >= 15 is 0 Å². The molecule has 0 unspecified atom stereocenters. The number of thiazole rings is 1. The molecule has 0 atom stereocenters. The topological polar surface area (TPSA) is 42.0 Å². The van der Waals surface area contributed by atoms with Crippen LogP contribution in [0.3, 0.4) is 0 Å². The summed E-state index contributed by atoms with van der Waals surface area (Å²) in [5, 5.41) is 6.00. The fourth-order valence-electron chi connectivity index (χ4n) is 5.23. The van der Waals surface area contributed by atoms with Gasteiger partial charge in [-0.2, -0.15) is 0 Å². The SMILES string of the molecule is CC(C)c1csc(NC(=O)C23CC4CC(CC(C4)C2)C3)n1. The Morgan fingerprint density at radius 3 is 2.29 bits per heavy atom. The maximum atomic E-state index is 12.9. The quantitative estimate of drug-likeness (QED) is 0.898. The van der Waals surface area contributed by atoms with Gasteiger partial charge < -0.3 is 5.32 Å². The average Bonchev–Trinajstić information content (AvgIpc) is 2.85. The van der Waals surface area contributed by atoms with E-state index in [-0.39, 0.29) is 11.3 Å². The minimum absolute atomic E-state index is 0.0710. The molecule has 1 aromatic rings. The zero-order chi connectivity index (χ0) is 14.6. The maximum absolute atomic E-state index is 12.9. The summed E-state index contributed by atoms with van der Waals surface area (Å²) < 4.78 is 0. The van der Waals surface area contributed by atoms with Crippen molar-refractivity contribution >= 4 is 22.4 Å². The van der Waals surface area contributed by atoms with Crippen molar-refractivity contribution in [3.8, 4) is 0 Å². The van der Waals surface area contributed by atoms with Gasteiger partial charge in [-0.15, -0.1) is 11.3 Å². The molecule has 3 nitrogen and oxygen atoms in total. The summed E-state index contributed by atoms with van der Waals surface area (Å²) in [6, 6.07) is 0. The number of rotatable bonds is 3. The van der Waals surface area contributed by atoms with Crippen molar-refractivity contribution in [2.75, 3.05) is 5.32 Å². The van der Waals surface area contributed by atoms with Gasteiger partial charge in [-0.3, -0.25) is 4.79 Å². The van der Waals surface area contributed by atoms with Gasteiger partial charge in [-0.25, -0.2) is 4.98 Å². The Hall–Kier alpha value is -0.900. The maximum Gasteiger partial charge on any atom is 0.232 e. The van der Waals surface area contributed by atoms with Crippen LogP contribution in [0.4, 0.5) is 5.13 Å². The summed E-state index contributed by atoms with van der Waals surface area (Å²) in [5.74, 6) is 3.11. The van der Waals surface area contributed by atoms with E-state index in [4.69, 9.17) is 0 Å². The summed E-state index contributed by atoms with van der Waals surface area (Å²) in [6.07, 6.45) is 7.48. The first-order valence-corrected chi connectivity index (χ1v) is 9.19. The van der Waals surface area contributed by atoms with Gasteiger partial charge in [0.25, 0.3) is 0 Å². The van der Waals surface area contributed by atoms with E-state index in [1.54, 1.807) is 11.3 Å². The Kier molecular flexibility index (Phi) is 3.14. The second-order valence-electron chi connectivity index (χ2n) is 7.88. The van der Waals surface area contributed by atoms with Gasteiger partial charge in [-0.1, -0.05) is 13.8 Å². The van der Waals surface area contributed by atoms with Crippen LogP contribution in [-0.2, 0) is 4.79 Å². The lowest BCUT2D eigenvalue weighted by atomic mass is 9.49. The van der Waals surface area contributed by atoms with Crippen LogP contribution in [0.5, 0.6) is 0 Å². The highest BCUT2D eigenvalue weighted by atomic mass is 32.1. The van der Waals surface area contributed by atoms with E-state index in [1.807, 2.05) is 0 Å². The summed E-state index contributed by atoms with van der Waals surface area (Å²) in [7, 11) is 0. The van der Waals surface area contributed by atoms with Crippen LogP contribution in [0.15, 0.2) is 5.38 Å². The van der Waals surface area contributed by atoms with Crippen molar-refractivity contribution in [2.24, 2.45) is 23.2 Å². The molecule has 5 rings (SSSR count). The van der Waals surface area contributed by atoms with Crippen LogP contribution in [0.1, 0.15) is 64.0 Å². The highest BCUT2D eigenvalue weighted by Crippen LogP contribution is 2.60. The number of anilines is 1. The molecule has 1 N–H and O–H groups in total. The Morgan fingerprint density at radius 2 is 1.81 bits per heavy atom. The third kappa shape index (κ3) is 2.32. The molecule has 1 heterocycles. The lowest BCUT2D eigenvalue weighted by molar-refractivity contribution is -0.140. The number of nitrogens with zero attached hydrogens (tertiary/aromatic N) is 1. The number of amides is 1. The Labute approximate surface area is 130 Å². The zero-order valence-electron chi connectivity index (χ0n) is 12.9. The number of nitrogens with one attached hydrogen (secondary N) is 1. The molecule has 4 heteroatoms. The van der Waals surface area contributed by atoms with Crippen LogP contribution in [0.25, 0.3) is 0 Å². The monoisotopic (exact) mass is 304 g/mol. The van der Waals surface area contributed by atoms with E-state index in [1.165, 1.54) is 19.3 Å². The predicted molar refractivity (Wildman–Crippen MR) is 85.4 cm³/mol. The van der Waals surface area contributed by atoms with Gasteiger partial charge in [0, 0.05) is 5.38 Å². The molecule has 4 aliphatic carbocycles. The molecule has 1 amide bonds. The minimum atomic E-state index is -0.0710. The third-order valence-corrected chi connectivity index (χ3v) is 6.63. The standard InChI is InChI=1S/C17H24N2OS/c1-10(2)14-9-21-16(18-14)19-15(20)17-6-11-3-12(7-17)5-13(4-11)8-17/h9-13H,3-8H2,1-2H3,(H,18,19,20). The van der Waals surface area contributed by atoms with Gasteiger partial charge in [0.05, 0.1) is 11.1 Å². The number of aromatic nitrogens is 1. The Bertz CT molecular complexity index is 528. The zero-order valence-corrected chi connectivity index (χ0v) is 13.7. The molecule has 21 heavy (non-hydrogen) atoms. The van der Waals surface area contributed by atoms with E-state index in [9.17, 15) is 4.79 Å². The van der Waals surface area contributed by atoms with Gasteiger partial charge in [-0.05, 0) is 62.2 Å². The molecule has 114 valence electrons. The van der Waals surface area contributed by atoms with E-state index in [2.05, 4.69) is 29.5 Å². The molecule has 1 aromatic heterocycles. The van der Waals surface area contributed by atoms with Crippen molar-refractivity contribution in [3.63, 3.8) is 0 Å². The van der Waals surface area contributed by atoms with Crippen LogP contribution in [0, 0.1) is 23.2 Å². The van der Waals surface area contributed by atoms with Crippen molar-refractivity contribution in [1.29, 1.82) is 0 Å². The molecule has 0 saturated heterocycles. The number of hydrogen-bond donors (Lipinski definition) is 1. The Balaban J connectivity index is 1.51. The lowest BCUT2D eigenvalue weighted by Crippen LogP contribution is -2.51. The first kappa shape index (κ1) is 13.7. The third-order valence-electron chi connectivity index (χ3n) is 5.85. The fraction of sp³-hybridized carbons (Fsp3) is 0.765. The molecule has 0 spiro atoms. The molecule has 0 aliphatic heterocycles. The van der Waals surface area contributed by atoms with Gasteiger partial charge >= 0.3 is 0 Å². The van der Waals surface area contributed by atoms with E-state index < -0.39 is 0 Å². The first-order valence-electron chi connectivity index (χ1n) is 8.31. The van der Waals surface area contributed by atoms with Crippen LogP contribution in [0.2, 0.25) is 0 Å². The average molecular weight is 304 g/mol. The normalized spacial score (nSPS) is 37.2. The second kappa shape index (κ2) is 4.80. The van der Waals surface area contributed by atoms with Crippen molar-refractivity contribution < 1.29 is 4.79 Å². The van der Waals surface area contributed by atoms with Crippen molar-refractivity contribution in [3.05, 3.63) is 11.1 Å². The van der Waals surface area contributed by atoms with Gasteiger partial charge in [0.2, 0.25) is 5.91 Å². The highest BCUT2D eigenvalue weighted by Gasteiger charge is 2.54. The van der Waals surface area contributed by atoms with E-state index in [0.717, 1.165) is 47.8 Å². The molecule has 4 saturated carbocycles. The number of carbonyl (C=O) groups excluding carboxylic acids is 1. The van der Waals surface area contributed by atoms with Crippen molar-refractivity contribution in [2.45, 2.75) is 58.3 Å². The Morgan fingerprint density at radius 1 is 1.24 bits per heavy atom. The predicted octanol–water partition coefficient (Wildman–Crippen LogP) is 4.42. The van der Waals surface area contributed by atoms with Gasteiger partial charge in [0.1, 0.15) is 0 Å². The lowest BCUT2D eigenvalue weighted by Gasteiger charge is -2.55. The number of carbonyl (C=O) groups is 1. The largest absolute Gasteiger partial charge is 0.301 e. The summed E-state index contributed by atoms with van der Waals surface area (Å²) in [6.45, 7) is 4.28. The van der Waals surface area contributed by atoms with Crippen LogP contribution in [-0.4, -0.2) is 10.9 Å². The van der Waals surface area contributed by atoms with Gasteiger partial charge in [0.15, 0.2) is 5.13 Å². The molecular weight excluding hydrogens is 280 g/mol. The minimum Gasteiger partial charge on any atom is -0.301 e. The molecular formula is C17H24N2OS. The first-order chi connectivity index (χ1) is 10.0. The molecule has 4 bridgehead atoms. The van der Waals surface area contributed by atoms with E-state index in [0.29, 0.717) is 5.92 Å². The summed E-state index contributed by atoms with van der Waals surface area (Å²) in [4.78, 5) is 17.5. The van der Waals surface area contributed by atoms with Crippen molar-refractivity contribution in [1.82, 2.24) is 4.98 Å². The number of hydrogen-bond acceptors (Lipinski definition) is 3. The van der Waals surface area contributed by atoms with Crippen LogP contribution >= 0.6 is 11.3 Å². The molecule has 0 radical (unpaired) electrons. The fourth-order valence-corrected chi connectivity index (χ4v) is 6.09. The molecule has 4 aliphatic rings. The smallest absolute Gasteiger partial charge is 0.232 e. The highest BCUT2D eigenvalue weighted by molar-refractivity contribution is 7.13. The molecule has 4 fully saturated rings. The molecule has 0 aromatic carbocycles. The summed E-state index contributed by atoms with van der Waals surface area (Å²) >= 11 is 1.57. The summed E-state index contributed by atoms with van der Waals surface area (Å²) in [5.41, 5.74) is 1.01. The second-order valence-corrected chi connectivity index (χ2v) is 8.74. The van der Waals surface area contributed by atoms with Crippen LogP contribution < -0.4 is 5.32 Å².